The lowest BCUT2D eigenvalue weighted by Gasteiger charge is -2.32. The van der Waals surface area contributed by atoms with Crippen molar-refractivity contribution in [2.75, 3.05) is 29.9 Å². The predicted octanol–water partition coefficient (Wildman–Crippen LogP) is 1.58. The first-order valence-corrected chi connectivity index (χ1v) is 11.3. The summed E-state index contributed by atoms with van der Waals surface area (Å²) in [5, 5.41) is 5.45. The van der Waals surface area contributed by atoms with Gasteiger partial charge in [-0.1, -0.05) is 37.3 Å². The van der Waals surface area contributed by atoms with Crippen molar-refractivity contribution in [3.63, 3.8) is 0 Å². The Morgan fingerprint density at radius 3 is 2.62 bits per heavy atom. The third-order valence-corrected chi connectivity index (χ3v) is 6.45. The fourth-order valence-electron chi connectivity index (χ4n) is 4.54. The van der Waals surface area contributed by atoms with E-state index in [1.165, 1.54) is 6.20 Å². The molecule has 10 heteroatoms. The number of amides is 5. The molecule has 0 bridgehead atoms. The van der Waals surface area contributed by atoms with E-state index in [1.807, 2.05) is 17.9 Å². The van der Waals surface area contributed by atoms with Crippen LogP contribution in [-0.2, 0) is 19.9 Å². The molecule has 1 aromatic carbocycles. The SMILES string of the molecule is CCC1(c2ccccc2)NC(=O)N(CC(=O)Nc2ccc(N3CCCC(C(N)=O)C3)nc2)C1=O. The zero-order chi connectivity index (χ0) is 24.3. The van der Waals surface area contributed by atoms with Gasteiger partial charge in [0.15, 0.2) is 0 Å². The Labute approximate surface area is 197 Å². The van der Waals surface area contributed by atoms with Crippen molar-refractivity contribution < 1.29 is 19.2 Å². The van der Waals surface area contributed by atoms with Crippen molar-refractivity contribution in [3.8, 4) is 0 Å². The van der Waals surface area contributed by atoms with E-state index in [4.69, 9.17) is 5.73 Å². The molecule has 2 unspecified atom stereocenters. The van der Waals surface area contributed by atoms with E-state index in [0.717, 1.165) is 24.3 Å². The van der Waals surface area contributed by atoms with Gasteiger partial charge in [-0.05, 0) is 37.0 Å². The highest BCUT2D eigenvalue weighted by molar-refractivity contribution is 6.10. The summed E-state index contributed by atoms with van der Waals surface area (Å²) in [5.41, 5.74) is 5.38. The van der Waals surface area contributed by atoms with Crippen molar-refractivity contribution in [1.82, 2.24) is 15.2 Å². The molecule has 2 aliphatic rings. The van der Waals surface area contributed by atoms with Gasteiger partial charge in [-0.3, -0.25) is 19.3 Å². The van der Waals surface area contributed by atoms with Crippen LogP contribution in [0.15, 0.2) is 48.7 Å². The monoisotopic (exact) mass is 464 g/mol. The van der Waals surface area contributed by atoms with Gasteiger partial charge in [0.25, 0.3) is 5.91 Å². The van der Waals surface area contributed by atoms with E-state index in [1.54, 1.807) is 36.4 Å². The highest BCUT2D eigenvalue weighted by Crippen LogP contribution is 2.32. The molecule has 1 aromatic heterocycles. The molecule has 4 rings (SSSR count). The molecular weight excluding hydrogens is 436 g/mol. The molecule has 0 radical (unpaired) electrons. The van der Waals surface area contributed by atoms with E-state index < -0.39 is 29.9 Å². The maximum Gasteiger partial charge on any atom is 0.325 e. The highest BCUT2D eigenvalue weighted by Gasteiger charge is 2.51. The number of aromatic nitrogens is 1. The van der Waals surface area contributed by atoms with Gasteiger partial charge in [-0.2, -0.15) is 0 Å². The second-order valence-corrected chi connectivity index (χ2v) is 8.59. The molecule has 2 fully saturated rings. The molecule has 3 heterocycles. The molecule has 0 spiro atoms. The normalized spacial score (nSPS) is 22.4. The number of benzene rings is 1. The number of nitrogens with one attached hydrogen (secondary N) is 2. The first-order chi connectivity index (χ1) is 16.3. The Kier molecular flexibility index (Phi) is 6.49. The van der Waals surface area contributed by atoms with Crippen LogP contribution >= 0.6 is 0 Å². The van der Waals surface area contributed by atoms with Gasteiger partial charge in [0, 0.05) is 13.1 Å². The number of hydrogen-bond donors (Lipinski definition) is 3. The van der Waals surface area contributed by atoms with Gasteiger partial charge in [-0.25, -0.2) is 9.78 Å². The summed E-state index contributed by atoms with van der Waals surface area (Å²) in [6, 6.07) is 11.9. The van der Waals surface area contributed by atoms with Crippen LogP contribution in [0.1, 0.15) is 31.7 Å². The number of primary amides is 1. The fraction of sp³-hybridized carbons (Fsp3) is 0.375. The zero-order valence-corrected chi connectivity index (χ0v) is 19.0. The largest absolute Gasteiger partial charge is 0.369 e. The summed E-state index contributed by atoms with van der Waals surface area (Å²) in [4.78, 5) is 57.2. The molecule has 5 amide bonds. The Hall–Kier alpha value is -3.95. The van der Waals surface area contributed by atoms with Crippen LogP contribution in [0.25, 0.3) is 0 Å². The molecule has 34 heavy (non-hydrogen) atoms. The number of anilines is 2. The van der Waals surface area contributed by atoms with Crippen molar-refractivity contribution in [3.05, 3.63) is 54.2 Å². The summed E-state index contributed by atoms with van der Waals surface area (Å²) in [6.45, 7) is 2.69. The summed E-state index contributed by atoms with van der Waals surface area (Å²) >= 11 is 0. The molecule has 2 aromatic rings. The Morgan fingerprint density at radius 2 is 1.97 bits per heavy atom. The molecule has 0 aliphatic carbocycles. The standard InChI is InChI=1S/C24H28N6O4/c1-2-24(17-8-4-3-5-9-17)22(33)30(23(34)28-24)15-20(31)27-18-10-11-19(26-13-18)29-12-6-7-16(14-29)21(25)32/h3-5,8-11,13,16H,2,6-7,12,14-15H2,1H3,(H2,25,32)(H,27,31)(H,28,34). The van der Waals surface area contributed by atoms with E-state index in [-0.39, 0.29) is 11.8 Å². The lowest BCUT2D eigenvalue weighted by atomic mass is 9.87. The number of imide groups is 1. The van der Waals surface area contributed by atoms with Crippen LogP contribution < -0.4 is 21.3 Å². The van der Waals surface area contributed by atoms with E-state index in [2.05, 4.69) is 15.6 Å². The minimum atomic E-state index is -1.18. The van der Waals surface area contributed by atoms with E-state index in [0.29, 0.717) is 30.0 Å². The first kappa shape index (κ1) is 23.2. The number of carbonyl (C=O) groups is 4. The summed E-state index contributed by atoms with van der Waals surface area (Å²) in [7, 11) is 0. The Morgan fingerprint density at radius 1 is 1.21 bits per heavy atom. The van der Waals surface area contributed by atoms with Gasteiger partial charge >= 0.3 is 6.03 Å². The minimum Gasteiger partial charge on any atom is -0.369 e. The molecule has 10 nitrogen and oxygen atoms in total. The fourth-order valence-corrected chi connectivity index (χ4v) is 4.54. The number of hydrogen-bond acceptors (Lipinski definition) is 6. The van der Waals surface area contributed by atoms with Gasteiger partial charge in [0.1, 0.15) is 17.9 Å². The number of carbonyl (C=O) groups excluding carboxylic acids is 4. The topological polar surface area (TPSA) is 138 Å². The van der Waals surface area contributed by atoms with Crippen molar-refractivity contribution in [1.29, 1.82) is 0 Å². The molecule has 2 aliphatic heterocycles. The van der Waals surface area contributed by atoms with Crippen LogP contribution in [-0.4, -0.2) is 53.3 Å². The second-order valence-electron chi connectivity index (χ2n) is 8.59. The third-order valence-electron chi connectivity index (χ3n) is 6.45. The molecule has 2 saturated heterocycles. The average molecular weight is 465 g/mol. The first-order valence-electron chi connectivity index (χ1n) is 11.3. The number of piperidine rings is 1. The van der Waals surface area contributed by atoms with Crippen LogP contribution in [0.3, 0.4) is 0 Å². The van der Waals surface area contributed by atoms with Crippen LogP contribution in [0, 0.1) is 5.92 Å². The summed E-state index contributed by atoms with van der Waals surface area (Å²) < 4.78 is 0. The van der Waals surface area contributed by atoms with Gasteiger partial charge in [0.05, 0.1) is 17.8 Å². The lowest BCUT2D eigenvalue weighted by molar-refractivity contribution is -0.134. The zero-order valence-electron chi connectivity index (χ0n) is 19.0. The number of pyridine rings is 1. The highest BCUT2D eigenvalue weighted by atomic mass is 16.2. The van der Waals surface area contributed by atoms with Crippen molar-refractivity contribution in [2.45, 2.75) is 31.7 Å². The molecule has 178 valence electrons. The van der Waals surface area contributed by atoms with E-state index in [9.17, 15) is 19.2 Å². The van der Waals surface area contributed by atoms with Crippen LogP contribution in [0.2, 0.25) is 0 Å². The van der Waals surface area contributed by atoms with Gasteiger partial charge in [-0.15, -0.1) is 0 Å². The van der Waals surface area contributed by atoms with E-state index >= 15 is 0 Å². The second kappa shape index (κ2) is 9.50. The molecule has 4 N–H and O–H groups in total. The molecule has 2 atom stereocenters. The minimum absolute atomic E-state index is 0.204. The Balaban J connectivity index is 1.39. The summed E-state index contributed by atoms with van der Waals surface area (Å²) in [5.74, 6) is -0.791. The van der Waals surface area contributed by atoms with Crippen molar-refractivity contribution >= 4 is 35.3 Å². The van der Waals surface area contributed by atoms with Crippen LogP contribution in [0.5, 0.6) is 0 Å². The number of nitrogens with two attached hydrogens (primary N) is 1. The lowest BCUT2D eigenvalue weighted by Crippen LogP contribution is -2.44. The molecular formula is C24H28N6O4. The average Bonchev–Trinajstić information content (AvgIpc) is 3.10. The van der Waals surface area contributed by atoms with Gasteiger partial charge in [0.2, 0.25) is 11.8 Å². The maximum absolute atomic E-state index is 13.2. The maximum atomic E-state index is 13.2. The number of urea groups is 1. The van der Waals surface area contributed by atoms with Crippen LogP contribution in [0.4, 0.5) is 16.3 Å². The predicted molar refractivity (Wildman–Crippen MR) is 126 cm³/mol. The molecule has 0 saturated carbocycles. The Bertz CT molecular complexity index is 1090. The quantitative estimate of drug-likeness (QED) is 0.532. The third kappa shape index (κ3) is 4.43. The van der Waals surface area contributed by atoms with Crippen molar-refractivity contribution in [2.24, 2.45) is 11.7 Å². The number of rotatable bonds is 7. The van der Waals surface area contributed by atoms with Gasteiger partial charge < -0.3 is 21.3 Å². The smallest absolute Gasteiger partial charge is 0.325 e. The summed E-state index contributed by atoms with van der Waals surface area (Å²) in [6.07, 6.45) is 3.49. The number of nitrogens with zero attached hydrogens (tertiary/aromatic N) is 3.